The molecule has 78 valence electrons. The van der Waals surface area contributed by atoms with Gasteiger partial charge in [-0.2, -0.15) is 10.2 Å². The van der Waals surface area contributed by atoms with Crippen LogP contribution in [-0.2, 0) is 9.53 Å². The van der Waals surface area contributed by atoms with Gasteiger partial charge in [0.1, 0.15) is 18.1 Å². The van der Waals surface area contributed by atoms with Crippen molar-refractivity contribution in [1.29, 1.82) is 0 Å². The average molecular weight is 196 g/mol. The van der Waals surface area contributed by atoms with Crippen molar-refractivity contribution < 1.29 is 9.53 Å². The first kappa shape index (κ1) is 9.62. The van der Waals surface area contributed by atoms with Crippen LogP contribution in [0.25, 0.3) is 0 Å². The van der Waals surface area contributed by atoms with E-state index in [2.05, 4.69) is 10.2 Å². The number of azo groups is 1. The molecule has 0 bridgehead atoms. The highest BCUT2D eigenvalue weighted by Gasteiger charge is 2.56. The van der Waals surface area contributed by atoms with Crippen LogP contribution in [0.2, 0.25) is 0 Å². The van der Waals surface area contributed by atoms with Gasteiger partial charge in [0.15, 0.2) is 0 Å². The number of ether oxygens (including phenoxy) is 1. The quantitative estimate of drug-likeness (QED) is 0.600. The summed E-state index contributed by atoms with van der Waals surface area (Å²) in [6.07, 6.45) is -0.0852. The van der Waals surface area contributed by atoms with Gasteiger partial charge in [0.2, 0.25) is 0 Å². The molecule has 0 N–H and O–H groups in total. The SMILES string of the molecule is CC(C)C1OC(=O)C2C1N=NC2(C)C. The summed E-state index contributed by atoms with van der Waals surface area (Å²) >= 11 is 0. The molecule has 1 saturated heterocycles. The van der Waals surface area contributed by atoms with Crippen molar-refractivity contribution in [3.8, 4) is 0 Å². The molecule has 4 nitrogen and oxygen atoms in total. The van der Waals surface area contributed by atoms with Crippen molar-refractivity contribution >= 4 is 5.97 Å². The second-order valence-corrected chi connectivity index (χ2v) is 4.98. The first-order valence-corrected chi connectivity index (χ1v) is 5.06. The van der Waals surface area contributed by atoms with Gasteiger partial charge in [-0.1, -0.05) is 13.8 Å². The molecule has 1 fully saturated rings. The molecule has 0 amide bonds. The second-order valence-electron chi connectivity index (χ2n) is 4.98. The van der Waals surface area contributed by atoms with E-state index in [-0.39, 0.29) is 29.6 Å². The van der Waals surface area contributed by atoms with Crippen molar-refractivity contribution in [2.24, 2.45) is 22.1 Å². The van der Waals surface area contributed by atoms with Gasteiger partial charge in [-0.3, -0.25) is 4.79 Å². The predicted molar refractivity (Wildman–Crippen MR) is 50.9 cm³/mol. The van der Waals surface area contributed by atoms with Crippen LogP contribution < -0.4 is 0 Å². The van der Waals surface area contributed by atoms with E-state index in [0.29, 0.717) is 5.92 Å². The molecule has 0 aliphatic carbocycles. The zero-order valence-electron chi connectivity index (χ0n) is 9.02. The van der Waals surface area contributed by atoms with Crippen LogP contribution in [0.15, 0.2) is 10.2 Å². The number of carbonyl (C=O) groups is 1. The molecule has 2 aliphatic rings. The molecule has 14 heavy (non-hydrogen) atoms. The van der Waals surface area contributed by atoms with Crippen LogP contribution in [0.4, 0.5) is 0 Å². The van der Waals surface area contributed by atoms with Crippen molar-refractivity contribution in [2.75, 3.05) is 0 Å². The normalized spacial score (nSPS) is 38.9. The van der Waals surface area contributed by atoms with Crippen LogP contribution in [-0.4, -0.2) is 23.7 Å². The van der Waals surface area contributed by atoms with Gasteiger partial charge >= 0.3 is 5.97 Å². The second kappa shape index (κ2) is 2.78. The number of esters is 1. The topological polar surface area (TPSA) is 51.0 Å². The Balaban J connectivity index is 2.29. The molecule has 3 atom stereocenters. The van der Waals surface area contributed by atoms with E-state index in [1.165, 1.54) is 0 Å². The van der Waals surface area contributed by atoms with E-state index in [9.17, 15) is 4.79 Å². The number of rotatable bonds is 1. The minimum absolute atomic E-state index is 0.0579. The first-order chi connectivity index (χ1) is 6.43. The molecule has 0 aromatic rings. The highest BCUT2D eigenvalue weighted by Crippen LogP contribution is 2.42. The van der Waals surface area contributed by atoms with E-state index in [0.717, 1.165) is 0 Å². The van der Waals surface area contributed by atoms with Gasteiger partial charge in [-0.25, -0.2) is 0 Å². The minimum Gasteiger partial charge on any atom is -0.459 e. The van der Waals surface area contributed by atoms with Crippen LogP contribution >= 0.6 is 0 Å². The molecule has 0 radical (unpaired) electrons. The highest BCUT2D eigenvalue weighted by molar-refractivity contribution is 5.78. The average Bonchev–Trinajstić information content (AvgIpc) is 2.53. The fourth-order valence-corrected chi connectivity index (χ4v) is 2.25. The monoisotopic (exact) mass is 196 g/mol. The van der Waals surface area contributed by atoms with Crippen molar-refractivity contribution in [2.45, 2.75) is 45.4 Å². The summed E-state index contributed by atoms with van der Waals surface area (Å²) in [7, 11) is 0. The minimum atomic E-state index is -0.384. The van der Waals surface area contributed by atoms with Gasteiger partial charge in [-0.15, -0.1) is 0 Å². The number of nitrogens with zero attached hydrogens (tertiary/aromatic N) is 2. The van der Waals surface area contributed by atoms with Crippen molar-refractivity contribution in [1.82, 2.24) is 0 Å². The van der Waals surface area contributed by atoms with Gasteiger partial charge in [0, 0.05) is 0 Å². The van der Waals surface area contributed by atoms with Crippen molar-refractivity contribution in [3.63, 3.8) is 0 Å². The lowest BCUT2D eigenvalue weighted by molar-refractivity contribution is -0.146. The molecule has 2 aliphatic heterocycles. The maximum Gasteiger partial charge on any atom is 0.314 e. The third kappa shape index (κ3) is 1.16. The molecule has 3 unspecified atom stereocenters. The zero-order valence-corrected chi connectivity index (χ0v) is 9.02. The lowest BCUT2D eigenvalue weighted by Crippen LogP contribution is -2.35. The summed E-state index contributed by atoms with van der Waals surface area (Å²) in [5, 5.41) is 8.34. The summed E-state index contributed by atoms with van der Waals surface area (Å²) in [5.74, 6) is 0.000370. The predicted octanol–water partition coefficient (Wildman–Crippen LogP) is 1.80. The van der Waals surface area contributed by atoms with E-state index in [4.69, 9.17) is 4.74 Å². The maximum absolute atomic E-state index is 11.6. The Morgan fingerprint density at radius 2 is 2.07 bits per heavy atom. The lowest BCUT2D eigenvalue weighted by Gasteiger charge is -2.18. The van der Waals surface area contributed by atoms with Crippen LogP contribution in [0.5, 0.6) is 0 Å². The summed E-state index contributed by atoms with van der Waals surface area (Å²) in [6.45, 7) is 7.96. The Bertz CT molecular complexity index is 296. The molecule has 2 heterocycles. The largest absolute Gasteiger partial charge is 0.459 e. The lowest BCUT2D eigenvalue weighted by atomic mass is 9.82. The number of cyclic esters (lactones) is 1. The highest BCUT2D eigenvalue weighted by atomic mass is 16.6. The van der Waals surface area contributed by atoms with E-state index < -0.39 is 0 Å². The smallest absolute Gasteiger partial charge is 0.314 e. The Morgan fingerprint density at radius 1 is 1.43 bits per heavy atom. The van der Waals surface area contributed by atoms with E-state index >= 15 is 0 Å². The number of hydrogen-bond donors (Lipinski definition) is 0. The van der Waals surface area contributed by atoms with Gasteiger partial charge < -0.3 is 4.74 Å². The maximum atomic E-state index is 11.6. The number of hydrogen-bond acceptors (Lipinski definition) is 4. The summed E-state index contributed by atoms with van der Waals surface area (Å²) in [4.78, 5) is 11.6. The Morgan fingerprint density at radius 3 is 2.64 bits per heavy atom. The fourth-order valence-electron chi connectivity index (χ4n) is 2.25. The third-order valence-electron chi connectivity index (χ3n) is 3.05. The Hall–Kier alpha value is -0.930. The summed E-state index contributed by atoms with van der Waals surface area (Å²) in [6, 6.07) is -0.0579. The van der Waals surface area contributed by atoms with Gasteiger partial charge in [0.25, 0.3) is 0 Å². The molecule has 4 heteroatoms. The molecule has 0 aromatic carbocycles. The molecule has 0 aromatic heterocycles. The first-order valence-electron chi connectivity index (χ1n) is 5.06. The molecular formula is C10H16N2O2. The Labute approximate surface area is 83.7 Å². The fraction of sp³-hybridized carbons (Fsp3) is 0.900. The number of carbonyl (C=O) groups excluding carboxylic acids is 1. The van der Waals surface area contributed by atoms with E-state index in [1.54, 1.807) is 0 Å². The molecule has 2 rings (SSSR count). The van der Waals surface area contributed by atoms with E-state index in [1.807, 2.05) is 27.7 Å². The number of fused-ring (bicyclic) bond motifs is 1. The molecule has 0 saturated carbocycles. The van der Waals surface area contributed by atoms with Gasteiger partial charge in [-0.05, 0) is 19.8 Å². The standard InChI is InChI=1S/C10H16N2O2/c1-5(2)8-7-6(9(13)14-8)10(3,4)12-11-7/h5-8H,1-4H3. The van der Waals surface area contributed by atoms with Gasteiger partial charge in [0.05, 0.1) is 5.54 Å². The molecular weight excluding hydrogens is 180 g/mol. The third-order valence-corrected chi connectivity index (χ3v) is 3.05. The summed E-state index contributed by atoms with van der Waals surface area (Å²) in [5.41, 5.74) is -0.384. The van der Waals surface area contributed by atoms with Crippen LogP contribution in [0.3, 0.4) is 0 Å². The zero-order chi connectivity index (χ0) is 10.5. The van der Waals surface area contributed by atoms with Crippen molar-refractivity contribution in [3.05, 3.63) is 0 Å². The molecule has 0 spiro atoms. The van der Waals surface area contributed by atoms with Crippen LogP contribution in [0.1, 0.15) is 27.7 Å². The Kier molecular flexibility index (Phi) is 1.91. The summed E-state index contributed by atoms with van der Waals surface area (Å²) < 4.78 is 5.33. The van der Waals surface area contributed by atoms with Crippen LogP contribution in [0, 0.1) is 11.8 Å².